The maximum atomic E-state index is 12.3. The maximum Gasteiger partial charge on any atom is 0.261 e. The molecular weight excluding hydrogens is 342 g/mol. The first kappa shape index (κ1) is 20.6. The number of amides is 1. The van der Waals surface area contributed by atoms with E-state index in [-0.39, 0.29) is 5.91 Å². The number of rotatable bonds is 10. The smallest absolute Gasteiger partial charge is 0.261 e. The summed E-state index contributed by atoms with van der Waals surface area (Å²) in [6, 6.07) is 15.0. The SMILES string of the molecule is COc1cc(CNC(=O)C(C)Oc2ccccc2)ccc1OCCC(C)C. The third-order valence-corrected chi connectivity index (χ3v) is 4.07. The van der Waals surface area contributed by atoms with Crippen molar-refractivity contribution in [1.29, 1.82) is 0 Å². The molecule has 0 fully saturated rings. The van der Waals surface area contributed by atoms with Crippen LogP contribution < -0.4 is 19.5 Å². The van der Waals surface area contributed by atoms with E-state index >= 15 is 0 Å². The standard InChI is InChI=1S/C22H29NO4/c1-16(2)12-13-26-20-11-10-18(14-21(20)25-4)15-23-22(24)17(3)27-19-8-6-5-7-9-19/h5-11,14,16-17H,12-13,15H2,1-4H3,(H,23,24). The van der Waals surface area contributed by atoms with Crippen molar-refractivity contribution in [2.45, 2.75) is 39.8 Å². The van der Waals surface area contributed by atoms with Crippen LogP contribution in [0.3, 0.4) is 0 Å². The Kier molecular flexibility index (Phi) is 7.99. The molecule has 27 heavy (non-hydrogen) atoms. The molecule has 0 spiro atoms. The van der Waals surface area contributed by atoms with E-state index in [4.69, 9.17) is 14.2 Å². The second-order valence-corrected chi connectivity index (χ2v) is 6.81. The van der Waals surface area contributed by atoms with E-state index in [0.29, 0.717) is 36.3 Å². The first-order valence-corrected chi connectivity index (χ1v) is 9.28. The average molecular weight is 371 g/mol. The van der Waals surface area contributed by atoms with Crippen LogP contribution in [0.25, 0.3) is 0 Å². The van der Waals surface area contributed by atoms with Gasteiger partial charge in [-0.05, 0) is 49.1 Å². The molecule has 0 saturated heterocycles. The van der Waals surface area contributed by atoms with Crippen molar-refractivity contribution in [1.82, 2.24) is 5.32 Å². The Labute approximate surface area is 161 Å². The molecule has 5 heteroatoms. The van der Waals surface area contributed by atoms with Crippen LogP contribution in [0.5, 0.6) is 17.2 Å². The fourth-order valence-electron chi connectivity index (χ4n) is 2.44. The lowest BCUT2D eigenvalue weighted by molar-refractivity contribution is -0.127. The topological polar surface area (TPSA) is 56.8 Å². The zero-order chi connectivity index (χ0) is 19.6. The Morgan fingerprint density at radius 2 is 1.78 bits per heavy atom. The number of methoxy groups -OCH3 is 1. The first-order chi connectivity index (χ1) is 13.0. The zero-order valence-corrected chi connectivity index (χ0v) is 16.5. The van der Waals surface area contributed by atoms with Crippen LogP contribution >= 0.6 is 0 Å². The lowest BCUT2D eigenvalue weighted by atomic mass is 10.1. The normalized spacial score (nSPS) is 11.7. The lowest BCUT2D eigenvalue weighted by Crippen LogP contribution is -2.35. The maximum absolute atomic E-state index is 12.3. The summed E-state index contributed by atoms with van der Waals surface area (Å²) in [6.45, 7) is 7.10. The summed E-state index contributed by atoms with van der Waals surface area (Å²) in [5.41, 5.74) is 0.934. The first-order valence-electron chi connectivity index (χ1n) is 9.28. The number of carbonyl (C=O) groups excluding carboxylic acids is 1. The Hall–Kier alpha value is -2.69. The lowest BCUT2D eigenvalue weighted by Gasteiger charge is -2.16. The summed E-state index contributed by atoms with van der Waals surface area (Å²) < 4.78 is 16.8. The second kappa shape index (κ2) is 10.5. The minimum absolute atomic E-state index is 0.171. The van der Waals surface area contributed by atoms with E-state index in [2.05, 4.69) is 19.2 Å². The number of carbonyl (C=O) groups is 1. The molecule has 0 aliphatic heterocycles. The van der Waals surface area contributed by atoms with E-state index in [1.807, 2.05) is 48.5 Å². The Bertz CT molecular complexity index is 716. The highest BCUT2D eigenvalue weighted by Crippen LogP contribution is 2.28. The average Bonchev–Trinajstić information content (AvgIpc) is 2.67. The van der Waals surface area contributed by atoms with Crippen molar-refractivity contribution in [3.63, 3.8) is 0 Å². The van der Waals surface area contributed by atoms with Gasteiger partial charge in [0.2, 0.25) is 0 Å². The number of hydrogen-bond donors (Lipinski definition) is 1. The molecule has 146 valence electrons. The van der Waals surface area contributed by atoms with Gasteiger partial charge in [0.15, 0.2) is 17.6 Å². The fourth-order valence-corrected chi connectivity index (χ4v) is 2.44. The molecule has 1 atom stereocenters. The molecule has 2 aromatic carbocycles. The number of benzene rings is 2. The van der Waals surface area contributed by atoms with Crippen LogP contribution in [0.2, 0.25) is 0 Å². The van der Waals surface area contributed by atoms with Gasteiger partial charge in [0.1, 0.15) is 5.75 Å². The Morgan fingerprint density at radius 1 is 1.04 bits per heavy atom. The van der Waals surface area contributed by atoms with Gasteiger partial charge in [0.05, 0.1) is 13.7 Å². The van der Waals surface area contributed by atoms with Gasteiger partial charge >= 0.3 is 0 Å². The van der Waals surface area contributed by atoms with Gasteiger partial charge in [-0.25, -0.2) is 0 Å². The molecule has 1 unspecified atom stereocenters. The highest BCUT2D eigenvalue weighted by molar-refractivity contribution is 5.80. The summed E-state index contributed by atoms with van der Waals surface area (Å²) >= 11 is 0. The van der Waals surface area contributed by atoms with Crippen molar-refractivity contribution in [3.8, 4) is 17.2 Å². The molecule has 2 rings (SSSR count). The molecule has 1 amide bonds. The van der Waals surface area contributed by atoms with Gasteiger partial charge in [-0.3, -0.25) is 4.79 Å². The van der Waals surface area contributed by atoms with Gasteiger partial charge in [0, 0.05) is 6.54 Å². The Balaban J connectivity index is 1.88. The predicted molar refractivity (Wildman–Crippen MR) is 106 cm³/mol. The zero-order valence-electron chi connectivity index (χ0n) is 16.5. The fraction of sp³-hybridized carbons (Fsp3) is 0.409. The van der Waals surface area contributed by atoms with E-state index in [1.54, 1.807) is 14.0 Å². The molecule has 0 saturated carbocycles. The molecule has 0 heterocycles. The van der Waals surface area contributed by atoms with E-state index in [0.717, 1.165) is 12.0 Å². The summed E-state index contributed by atoms with van der Waals surface area (Å²) in [5, 5.41) is 2.89. The molecule has 0 aliphatic carbocycles. The third-order valence-electron chi connectivity index (χ3n) is 4.07. The Morgan fingerprint density at radius 3 is 2.44 bits per heavy atom. The van der Waals surface area contributed by atoms with E-state index < -0.39 is 6.10 Å². The summed E-state index contributed by atoms with van der Waals surface area (Å²) in [6.07, 6.45) is 0.410. The predicted octanol–water partition coefficient (Wildman–Crippen LogP) is 4.20. The molecule has 0 bridgehead atoms. The molecule has 1 N–H and O–H groups in total. The van der Waals surface area contributed by atoms with Crippen molar-refractivity contribution >= 4 is 5.91 Å². The number of hydrogen-bond acceptors (Lipinski definition) is 4. The van der Waals surface area contributed by atoms with Crippen molar-refractivity contribution < 1.29 is 19.0 Å². The third kappa shape index (κ3) is 6.85. The van der Waals surface area contributed by atoms with E-state index in [9.17, 15) is 4.79 Å². The highest BCUT2D eigenvalue weighted by Gasteiger charge is 2.14. The van der Waals surface area contributed by atoms with Gasteiger partial charge in [-0.15, -0.1) is 0 Å². The van der Waals surface area contributed by atoms with Crippen molar-refractivity contribution in [2.75, 3.05) is 13.7 Å². The van der Waals surface area contributed by atoms with Gasteiger partial charge in [0.25, 0.3) is 5.91 Å². The molecule has 0 aliphatic rings. The quantitative estimate of drug-likeness (QED) is 0.680. The monoisotopic (exact) mass is 371 g/mol. The van der Waals surface area contributed by atoms with Crippen LogP contribution in [0.1, 0.15) is 32.8 Å². The molecule has 0 radical (unpaired) electrons. The van der Waals surface area contributed by atoms with Crippen LogP contribution in [0.4, 0.5) is 0 Å². The summed E-state index contributed by atoms with van der Waals surface area (Å²) in [7, 11) is 1.61. The van der Waals surface area contributed by atoms with Crippen molar-refractivity contribution in [2.24, 2.45) is 5.92 Å². The number of nitrogens with one attached hydrogen (secondary N) is 1. The van der Waals surface area contributed by atoms with Gasteiger partial charge in [-0.1, -0.05) is 38.1 Å². The highest BCUT2D eigenvalue weighted by atomic mass is 16.5. The molecular formula is C22H29NO4. The number of ether oxygens (including phenoxy) is 3. The number of para-hydroxylation sites is 1. The van der Waals surface area contributed by atoms with Gasteiger partial charge in [-0.2, -0.15) is 0 Å². The summed E-state index contributed by atoms with van der Waals surface area (Å²) in [4.78, 5) is 12.3. The minimum Gasteiger partial charge on any atom is -0.493 e. The van der Waals surface area contributed by atoms with Crippen LogP contribution in [0.15, 0.2) is 48.5 Å². The minimum atomic E-state index is -0.576. The van der Waals surface area contributed by atoms with Crippen LogP contribution in [-0.4, -0.2) is 25.7 Å². The molecule has 2 aromatic rings. The molecule has 5 nitrogen and oxygen atoms in total. The van der Waals surface area contributed by atoms with Crippen LogP contribution in [-0.2, 0) is 11.3 Å². The van der Waals surface area contributed by atoms with Gasteiger partial charge < -0.3 is 19.5 Å². The van der Waals surface area contributed by atoms with Crippen molar-refractivity contribution in [3.05, 3.63) is 54.1 Å². The largest absolute Gasteiger partial charge is 0.493 e. The van der Waals surface area contributed by atoms with E-state index in [1.165, 1.54) is 0 Å². The summed E-state index contributed by atoms with van der Waals surface area (Å²) in [5.74, 6) is 2.47. The molecule has 0 aromatic heterocycles. The second-order valence-electron chi connectivity index (χ2n) is 6.81. The van der Waals surface area contributed by atoms with Crippen LogP contribution in [0, 0.1) is 5.92 Å².